The molecule has 0 saturated carbocycles. The maximum Gasteiger partial charge on any atom is 0.305 e. The normalized spacial score (nSPS) is 18.5. The lowest BCUT2D eigenvalue weighted by molar-refractivity contribution is -0.140. The fraction of sp³-hybridized carbons (Fsp3) is 0.438. The molecule has 1 aromatic carbocycles. The molecule has 2 N–H and O–H groups in total. The van der Waals surface area contributed by atoms with Crippen molar-refractivity contribution >= 4 is 29.5 Å². The van der Waals surface area contributed by atoms with Gasteiger partial charge in [0.1, 0.15) is 6.04 Å². The molecular weight excluding hydrogens is 316 g/mol. The molecule has 124 valence electrons. The van der Waals surface area contributed by atoms with Gasteiger partial charge in [0, 0.05) is 12.2 Å². The molecule has 0 aliphatic carbocycles. The zero-order chi connectivity index (χ0) is 16.8. The monoisotopic (exact) mass is 336 g/mol. The third-order valence-electron chi connectivity index (χ3n) is 3.70. The zero-order valence-electron chi connectivity index (χ0n) is 12.9. The Morgan fingerprint density at radius 2 is 2.04 bits per heavy atom. The number of aliphatic carboxylic acids is 1. The molecule has 7 heteroatoms. The van der Waals surface area contributed by atoms with Crippen molar-refractivity contribution < 1.29 is 19.5 Å². The van der Waals surface area contributed by atoms with Crippen molar-refractivity contribution in [3.05, 3.63) is 35.9 Å². The largest absolute Gasteiger partial charge is 0.481 e. The fourth-order valence-electron chi connectivity index (χ4n) is 2.49. The van der Waals surface area contributed by atoms with E-state index in [0.29, 0.717) is 18.1 Å². The summed E-state index contributed by atoms with van der Waals surface area (Å²) in [6, 6.07) is 7.86. The van der Waals surface area contributed by atoms with Crippen LogP contribution >= 0.6 is 11.8 Å². The summed E-state index contributed by atoms with van der Waals surface area (Å²) in [5.41, 5.74) is 0.738. The van der Waals surface area contributed by atoms with E-state index in [0.717, 1.165) is 5.56 Å². The number of hydrogen-bond donors (Lipinski definition) is 2. The molecule has 2 amide bonds. The molecule has 1 saturated heterocycles. The van der Waals surface area contributed by atoms with Crippen molar-refractivity contribution in [2.24, 2.45) is 0 Å². The Morgan fingerprint density at radius 1 is 1.35 bits per heavy atom. The van der Waals surface area contributed by atoms with E-state index in [9.17, 15) is 14.4 Å². The first kappa shape index (κ1) is 17.3. The number of carboxylic acid groups (broad SMARTS) is 1. The molecule has 1 aliphatic heterocycles. The first-order valence-corrected chi connectivity index (χ1v) is 8.62. The highest BCUT2D eigenvalue weighted by Crippen LogP contribution is 2.23. The molecule has 0 spiro atoms. The van der Waals surface area contributed by atoms with Crippen LogP contribution in [0.3, 0.4) is 0 Å². The van der Waals surface area contributed by atoms with Crippen LogP contribution in [0.15, 0.2) is 30.3 Å². The second-order valence-corrected chi connectivity index (χ2v) is 6.30. The van der Waals surface area contributed by atoms with Crippen LogP contribution in [0.4, 0.5) is 0 Å². The number of thioether (sulfide) groups is 1. The van der Waals surface area contributed by atoms with Gasteiger partial charge in [-0.05, 0) is 5.56 Å². The number of nitrogens with one attached hydrogen (secondary N) is 1. The van der Waals surface area contributed by atoms with E-state index in [2.05, 4.69) is 5.32 Å². The zero-order valence-corrected chi connectivity index (χ0v) is 13.7. The summed E-state index contributed by atoms with van der Waals surface area (Å²) in [5.74, 6) is -0.316. The molecule has 0 radical (unpaired) electrons. The van der Waals surface area contributed by atoms with E-state index < -0.39 is 18.1 Å². The molecule has 23 heavy (non-hydrogen) atoms. The Hall–Kier alpha value is -2.02. The van der Waals surface area contributed by atoms with Crippen molar-refractivity contribution in [3.8, 4) is 0 Å². The van der Waals surface area contributed by atoms with Crippen LogP contribution in [0.5, 0.6) is 0 Å². The van der Waals surface area contributed by atoms with Gasteiger partial charge < -0.3 is 15.3 Å². The van der Waals surface area contributed by atoms with Crippen molar-refractivity contribution in [1.82, 2.24) is 10.2 Å². The van der Waals surface area contributed by atoms with E-state index in [1.165, 1.54) is 11.8 Å². The quantitative estimate of drug-likeness (QED) is 0.824. The van der Waals surface area contributed by atoms with E-state index in [-0.39, 0.29) is 18.2 Å². The maximum atomic E-state index is 12.5. The highest BCUT2D eigenvalue weighted by atomic mass is 32.2. The lowest BCUT2D eigenvalue weighted by Crippen LogP contribution is -2.48. The molecule has 1 aromatic rings. The SMILES string of the molecule is CCC(=O)N1CSCC1C(=O)NC(CC(=O)O)c1ccccc1. The third-order valence-corrected chi connectivity index (χ3v) is 4.72. The first-order valence-electron chi connectivity index (χ1n) is 7.47. The second-order valence-electron chi connectivity index (χ2n) is 5.30. The van der Waals surface area contributed by atoms with Crippen LogP contribution in [0.1, 0.15) is 31.4 Å². The number of carbonyl (C=O) groups is 3. The van der Waals surface area contributed by atoms with Crippen molar-refractivity contribution in [2.45, 2.75) is 31.8 Å². The number of carbonyl (C=O) groups excluding carboxylic acids is 2. The standard InChI is InChI=1S/C16H20N2O4S/c1-2-14(19)18-10-23-9-13(18)16(22)17-12(8-15(20)21)11-6-4-3-5-7-11/h3-7,12-13H,2,8-10H2,1H3,(H,17,22)(H,20,21). The van der Waals surface area contributed by atoms with Gasteiger partial charge in [-0.15, -0.1) is 11.8 Å². The molecule has 1 fully saturated rings. The highest BCUT2D eigenvalue weighted by Gasteiger charge is 2.35. The summed E-state index contributed by atoms with van der Waals surface area (Å²) in [7, 11) is 0. The number of hydrogen-bond acceptors (Lipinski definition) is 4. The summed E-state index contributed by atoms with van der Waals surface area (Å²) < 4.78 is 0. The third kappa shape index (κ3) is 4.48. The second kappa shape index (κ2) is 8.01. The number of carboxylic acids is 1. The predicted octanol–water partition coefficient (Wildman–Crippen LogP) is 1.63. The summed E-state index contributed by atoms with van der Waals surface area (Å²) in [6.45, 7) is 1.76. The van der Waals surface area contributed by atoms with Gasteiger partial charge in [-0.1, -0.05) is 37.3 Å². The number of benzene rings is 1. The van der Waals surface area contributed by atoms with Gasteiger partial charge in [0.05, 0.1) is 18.3 Å². The number of rotatable bonds is 6. The van der Waals surface area contributed by atoms with Crippen LogP contribution in [0, 0.1) is 0 Å². The molecule has 2 rings (SSSR count). The Kier molecular flexibility index (Phi) is 6.04. The molecule has 0 aromatic heterocycles. The predicted molar refractivity (Wildman–Crippen MR) is 87.8 cm³/mol. The summed E-state index contributed by atoms with van der Waals surface area (Å²) in [4.78, 5) is 37.1. The van der Waals surface area contributed by atoms with Crippen molar-refractivity contribution in [2.75, 3.05) is 11.6 Å². The van der Waals surface area contributed by atoms with Gasteiger partial charge in [0.25, 0.3) is 0 Å². The van der Waals surface area contributed by atoms with E-state index in [1.54, 1.807) is 36.1 Å². The summed E-state index contributed by atoms with van der Waals surface area (Å²) >= 11 is 1.53. The minimum absolute atomic E-state index is 0.0651. The molecule has 1 aliphatic rings. The lowest BCUT2D eigenvalue weighted by atomic mass is 10.0. The van der Waals surface area contributed by atoms with Crippen LogP contribution in [-0.2, 0) is 14.4 Å². The van der Waals surface area contributed by atoms with Gasteiger partial charge in [0.15, 0.2) is 0 Å². The molecule has 0 bridgehead atoms. The Bertz CT molecular complexity index is 579. The van der Waals surface area contributed by atoms with Crippen molar-refractivity contribution in [1.29, 1.82) is 0 Å². The minimum atomic E-state index is -0.985. The Balaban J connectivity index is 2.11. The molecule has 2 unspecified atom stereocenters. The maximum absolute atomic E-state index is 12.5. The number of amides is 2. The average Bonchev–Trinajstić information content (AvgIpc) is 3.03. The van der Waals surface area contributed by atoms with Gasteiger partial charge in [-0.2, -0.15) is 0 Å². The average molecular weight is 336 g/mol. The van der Waals surface area contributed by atoms with Gasteiger partial charge >= 0.3 is 5.97 Å². The molecular formula is C16H20N2O4S. The van der Waals surface area contributed by atoms with E-state index in [4.69, 9.17) is 5.11 Å². The molecule has 2 atom stereocenters. The topological polar surface area (TPSA) is 86.7 Å². The molecule has 6 nitrogen and oxygen atoms in total. The Morgan fingerprint density at radius 3 is 2.65 bits per heavy atom. The minimum Gasteiger partial charge on any atom is -0.481 e. The first-order chi connectivity index (χ1) is 11.0. The van der Waals surface area contributed by atoms with Gasteiger partial charge in [-0.25, -0.2) is 0 Å². The summed E-state index contributed by atoms with van der Waals surface area (Å²) in [6.07, 6.45) is 0.152. The van der Waals surface area contributed by atoms with Crippen LogP contribution in [0.2, 0.25) is 0 Å². The van der Waals surface area contributed by atoms with Gasteiger partial charge in [-0.3, -0.25) is 14.4 Å². The van der Waals surface area contributed by atoms with Crippen molar-refractivity contribution in [3.63, 3.8) is 0 Å². The lowest BCUT2D eigenvalue weighted by Gasteiger charge is -2.25. The van der Waals surface area contributed by atoms with Crippen LogP contribution < -0.4 is 5.32 Å². The van der Waals surface area contributed by atoms with Crippen LogP contribution in [0.25, 0.3) is 0 Å². The number of nitrogens with zero attached hydrogens (tertiary/aromatic N) is 1. The fourth-order valence-corrected chi connectivity index (χ4v) is 3.67. The molecule has 1 heterocycles. The van der Waals surface area contributed by atoms with E-state index in [1.807, 2.05) is 6.07 Å². The Labute approximate surface area is 139 Å². The summed E-state index contributed by atoms with van der Waals surface area (Å²) in [5, 5.41) is 11.9. The smallest absolute Gasteiger partial charge is 0.305 e. The highest BCUT2D eigenvalue weighted by molar-refractivity contribution is 7.99. The van der Waals surface area contributed by atoms with Gasteiger partial charge in [0.2, 0.25) is 11.8 Å². The van der Waals surface area contributed by atoms with E-state index >= 15 is 0 Å². The van der Waals surface area contributed by atoms with Crippen LogP contribution in [-0.4, -0.2) is 45.5 Å².